The van der Waals surface area contributed by atoms with E-state index in [0.717, 1.165) is 79.6 Å². The summed E-state index contributed by atoms with van der Waals surface area (Å²) in [6.07, 6.45) is 45.1. The molecule has 4 atom stereocenters. The number of dihydropyridines is 1. The molecular weight excluding hydrogens is 825 g/mol. The van der Waals surface area contributed by atoms with E-state index in [0.29, 0.717) is 5.92 Å². The molecule has 4 heterocycles. The Morgan fingerprint density at radius 1 is 0.618 bits per heavy atom. The largest absolute Gasteiger partial charge is 0.333 e. The summed E-state index contributed by atoms with van der Waals surface area (Å²) in [5, 5.41) is 1.31. The maximum Gasteiger partial charge on any atom is 0.0967 e. The molecule has 7 aliphatic rings. The second-order valence-electron chi connectivity index (χ2n) is 19.3. The summed E-state index contributed by atoms with van der Waals surface area (Å²) >= 11 is 0. The molecule has 4 nitrogen and oxygen atoms in total. The van der Waals surface area contributed by atoms with Crippen LogP contribution in [0.25, 0.3) is 33.9 Å². The SMILES string of the molecule is C1=CCC(c2cc(-c3cccc(N4c5ccccc5C5C=CC=CC54)c3)nc(C3CC(C4=CC=C(C5=CCCC=C5)CC4)=CC(c4cccc(-n5c6c(c7ccccc75)C=CCC6)c4)=N3)c2)C=C1. The zero-order valence-electron chi connectivity index (χ0n) is 38.4. The van der Waals surface area contributed by atoms with E-state index < -0.39 is 0 Å². The minimum Gasteiger partial charge on any atom is -0.333 e. The van der Waals surface area contributed by atoms with E-state index in [1.807, 2.05) is 0 Å². The van der Waals surface area contributed by atoms with Crippen molar-refractivity contribution in [3.8, 4) is 16.9 Å². The van der Waals surface area contributed by atoms with Gasteiger partial charge in [0.2, 0.25) is 0 Å². The Hall–Kier alpha value is -7.56. The summed E-state index contributed by atoms with van der Waals surface area (Å²) < 4.78 is 2.49. The highest BCUT2D eigenvalue weighted by molar-refractivity contribution is 6.10. The number of pyridine rings is 1. The van der Waals surface area contributed by atoms with Crippen molar-refractivity contribution in [3.63, 3.8) is 0 Å². The lowest BCUT2D eigenvalue weighted by atomic mass is 9.83. The number of hydrogen-bond donors (Lipinski definition) is 0. The molecule has 4 aromatic carbocycles. The molecule has 0 spiro atoms. The van der Waals surface area contributed by atoms with Gasteiger partial charge in [-0.2, -0.15) is 0 Å². The minimum absolute atomic E-state index is 0.162. The average Bonchev–Trinajstić information content (AvgIpc) is 3.94. The molecule has 4 unspecified atom stereocenters. The van der Waals surface area contributed by atoms with Gasteiger partial charge in [-0.3, -0.25) is 9.98 Å². The van der Waals surface area contributed by atoms with Crippen molar-refractivity contribution in [2.75, 3.05) is 4.90 Å². The van der Waals surface area contributed by atoms with Crippen LogP contribution in [0.15, 0.2) is 228 Å². The Morgan fingerprint density at radius 3 is 2.34 bits per heavy atom. The molecule has 5 aliphatic carbocycles. The number of rotatable bonds is 8. The molecule has 6 aromatic rings. The van der Waals surface area contributed by atoms with E-state index in [2.05, 4.69) is 216 Å². The Bertz CT molecular complexity index is 3380. The van der Waals surface area contributed by atoms with Gasteiger partial charge in [-0.15, -0.1) is 0 Å². The van der Waals surface area contributed by atoms with Crippen LogP contribution in [0.5, 0.6) is 0 Å². The quantitative estimate of drug-likeness (QED) is 0.153. The monoisotopic (exact) mass is 878 g/mol. The molecule has 68 heavy (non-hydrogen) atoms. The number of hydrogen-bond acceptors (Lipinski definition) is 3. The molecular formula is C64H54N4. The van der Waals surface area contributed by atoms with E-state index in [1.54, 1.807) is 0 Å². The van der Waals surface area contributed by atoms with Crippen LogP contribution in [0, 0.1) is 0 Å². The van der Waals surface area contributed by atoms with Gasteiger partial charge >= 0.3 is 0 Å². The Labute approximate surface area is 400 Å². The molecule has 2 aliphatic heterocycles. The maximum absolute atomic E-state index is 5.74. The smallest absolute Gasteiger partial charge is 0.0967 e. The molecule has 0 fully saturated rings. The Morgan fingerprint density at radius 2 is 1.44 bits per heavy atom. The highest BCUT2D eigenvalue weighted by Crippen LogP contribution is 2.48. The number of allylic oxidation sites excluding steroid dienone is 16. The molecule has 0 bridgehead atoms. The second kappa shape index (κ2) is 17.3. The van der Waals surface area contributed by atoms with Crippen LogP contribution < -0.4 is 4.90 Å². The molecule has 330 valence electrons. The fraction of sp³-hybridized carbons (Fsp3) is 0.188. The summed E-state index contributed by atoms with van der Waals surface area (Å²) in [4.78, 5) is 13.9. The standard InChI is InChI=1S/C64H54N4/c1-3-17-43(18-4-1)45-33-35-46(36-34-45)50-40-58(48-22-16-24-52(38-48)68-63-31-13-9-27-55(63)56-28-10-14-32-64(56)68)66-60(42-50)59-41-49(44-19-5-2-6-20-44)39-57(65-59)47-21-15-23-51(37-47)67-61-29-11-7-25-53(61)54-26-8-12-30-62(54)67/h2-3,5-13,15-19,21-31,33,35,37-41,44,53,60-61H,1,4,14,20,32,34,36,42H2. The highest BCUT2D eigenvalue weighted by atomic mass is 15.2. The lowest BCUT2D eigenvalue weighted by Crippen LogP contribution is -2.28. The van der Waals surface area contributed by atoms with E-state index in [1.165, 1.54) is 72.6 Å². The van der Waals surface area contributed by atoms with Crippen LogP contribution in [0.2, 0.25) is 0 Å². The van der Waals surface area contributed by atoms with Crippen LogP contribution in [0.3, 0.4) is 0 Å². The molecule has 0 N–H and O–H groups in total. The molecule has 2 aromatic heterocycles. The van der Waals surface area contributed by atoms with E-state index >= 15 is 0 Å². The summed E-state index contributed by atoms with van der Waals surface area (Å²) in [6, 6.07) is 40.7. The van der Waals surface area contributed by atoms with E-state index in [4.69, 9.17) is 9.98 Å². The third kappa shape index (κ3) is 7.31. The second-order valence-corrected chi connectivity index (χ2v) is 19.3. The number of anilines is 2. The van der Waals surface area contributed by atoms with Crippen molar-refractivity contribution in [1.29, 1.82) is 0 Å². The topological polar surface area (TPSA) is 33.4 Å². The average molecular weight is 879 g/mol. The van der Waals surface area contributed by atoms with Gasteiger partial charge < -0.3 is 9.47 Å². The van der Waals surface area contributed by atoms with Gasteiger partial charge in [0.25, 0.3) is 0 Å². The summed E-state index contributed by atoms with van der Waals surface area (Å²) in [5.74, 6) is 0.589. The highest BCUT2D eigenvalue weighted by Gasteiger charge is 2.37. The zero-order chi connectivity index (χ0) is 45.0. The van der Waals surface area contributed by atoms with Crippen LogP contribution in [0.4, 0.5) is 11.4 Å². The number of aromatic nitrogens is 2. The van der Waals surface area contributed by atoms with Gasteiger partial charge in [0.15, 0.2) is 0 Å². The Balaban J connectivity index is 0.930. The predicted octanol–water partition coefficient (Wildman–Crippen LogP) is 15.8. The fourth-order valence-electron chi connectivity index (χ4n) is 11.8. The summed E-state index contributed by atoms with van der Waals surface area (Å²) in [5.41, 5.74) is 21.2. The number of para-hydroxylation sites is 2. The maximum atomic E-state index is 5.74. The van der Waals surface area contributed by atoms with Gasteiger partial charge in [0, 0.05) is 63.1 Å². The lowest BCUT2D eigenvalue weighted by molar-refractivity contribution is 0.680. The number of benzene rings is 4. The van der Waals surface area contributed by atoms with Crippen LogP contribution in [0.1, 0.15) is 96.5 Å². The van der Waals surface area contributed by atoms with Crippen LogP contribution >= 0.6 is 0 Å². The van der Waals surface area contributed by atoms with Gasteiger partial charge in [-0.05, 0) is 133 Å². The van der Waals surface area contributed by atoms with Crippen molar-refractivity contribution in [1.82, 2.24) is 9.55 Å². The predicted molar refractivity (Wildman–Crippen MR) is 283 cm³/mol. The van der Waals surface area contributed by atoms with E-state index in [9.17, 15) is 0 Å². The molecule has 0 radical (unpaired) electrons. The number of aliphatic imine (C=N–C) groups is 1. The first kappa shape index (κ1) is 40.7. The van der Waals surface area contributed by atoms with Gasteiger partial charge in [-0.25, -0.2) is 0 Å². The molecule has 13 rings (SSSR count). The first-order valence-corrected chi connectivity index (χ1v) is 24.8. The minimum atomic E-state index is -0.162. The van der Waals surface area contributed by atoms with Crippen LogP contribution in [-0.2, 0) is 6.42 Å². The van der Waals surface area contributed by atoms with E-state index in [-0.39, 0.29) is 18.0 Å². The summed E-state index contributed by atoms with van der Waals surface area (Å²) in [7, 11) is 0. The number of nitrogens with zero attached hydrogens (tertiary/aromatic N) is 4. The zero-order valence-corrected chi connectivity index (χ0v) is 38.4. The third-order valence-electron chi connectivity index (χ3n) is 15.2. The fourth-order valence-corrected chi connectivity index (χ4v) is 11.8. The molecule has 0 saturated carbocycles. The Kier molecular flexibility index (Phi) is 10.3. The molecule has 4 heteroatoms. The van der Waals surface area contributed by atoms with Crippen molar-refractivity contribution in [2.24, 2.45) is 4.99 Å². The van der Waals surface area contributed by atoms with Crippen LogP contribution in [-0.4, -0.2) is 21.3 Å². The van der Waals surface area contributed by atoms with Gasteiger partial charge in [-0.1, -0.05) is 152 Å². The van der Waals surface area contributed by atoms with Gasteiger partial charge in [0.1, 0.15) is 0 Å². The third-order valence-corrected chi connectivity index (χ3v) is 15.2. The normalized spacial score (nSPS) is 22.3. The lowest BCUT2D eigenvalue weighted by Gasteiger charge is -2.29. The molecule has 0 amide bonds. The molecule has 0 saturated heterocycles. The first-order chi connectivity index (χ1) is 33.7. The van der Waals surface area contributed by atoms with Crippen molar-refractivity contribution in [3.05, 3.63) is 256 Å². The summed E-state index contributed by atoms with van der Waals surface area (Å²) in [6.45, 7) is 0. The van der Waals surface area contributed by atoms with Crippen molar-refractivity contribution < 1.29 is 0 Å². The van der Waals surface area contributed by atoms with Crippen molar-refractivity contribution >= 4 is 34.1 Å². The number of fused-ring (bicyclic) bond motifs is 6. The van der Waals surface area contributed by atoms with Gasteiger partial charge in [0.05, 0.1) is 34.7 Å². The van der Waals surface area contributed by atoms with Crippen molar-refractivity contribution in [2.45, 2.75) is 75.3 Å². The first-order valence-electron chi connectivity index (χ1n) is 24.8.